The molecule has 0 spiro atoms. The smallest absolute Gasteiger partial charge is 0.408 e. The van der Waals surface area contributed by atoms with E-state index in [1.807, 2.05) is 0 Å². The summed E-state index contributed by atoms with van der Waals surface area (Å²) in [6, 6.07) is -4.39. The van der Waals surface area contributed by atoms with Gasteiger partial charge in [-0.1, -0.05) is 0 Å². The molecule has 0 bridgehead atoms. The fourth-order valence-electron chi connectivity index (χ4n) is 1.89. The van der Waals surface area contributed by atoms with E-state index in [1.54, 1.807) is 20.8 Å². The summed E-state index contributed by atoms with van der Waals surface area (Å²) in [6.45, 7) is 4.44. The largest absolute Gasteiger partial charge is 0.467 e. The molecule has 0 rings (SSSR count). The Hall–Kier alpha value is -2.44. The van der Waals surface area contributed by atoms with Gasteiger partial charge in [0.1, 0.15) is 17.7 Å². The predicted molar refractivity (Wildman–Crippen MR) is 94.9 cm³/mol. The number of rotatable bonds is 9. The lowest BCUT2D eigenvalue weighted by Crippen LogP contribution is -2.59. The van der Waals surface area contributed by atoms with E-state index in [2.05, 4.69) is 20.7 Å². The highest BCUT2D eigenvalue weighted by Crippen LogP contribution is 2.07. The minimum atomic E-state index is -1.52. The Morgan fingerprint density at radius 1 is 0.929 bits per heavy atom. The summed E-state index contributed by atoms with van der Waals surface area (Å²) in [4.78, 5) is 47.7. The standard InChI is InChI=1S/C16H29N3O9/c1-8(22)11(19-15(26)28-16(2,3)4)13(24)17-9(6-20)12(23)18-10(7-21)14(25)27-5/h8-11,20-22H,6-7H2,1-5H3,(H,17,24)(H,18,23)(H,19,26)/t8-,9+,10+,11+/m1/s1. The number of esters is 1. The van der Waals surface area contributed by atoms with E-state index >= 15 is 0 Å². The highest BCUT2D eigenvalue weighted by molar-refractivity contribution is 5.93. The van der Waals surface area contributed by atoms with Crippen molar-refractivity contribution in [3.63, 3.8) is 0 Å². The number of hydrogen-bond donors (Lipinski definition) is 6. The van der Waals surface area contributed by atoms with Gasteiger partial charge < -0.3 is 40.7 Å². The normalized spacial score (nSPS) is 15.4. The Bertz CT molecular complexity index is 560. The third-order valence-electron chi connectivity index (χ3n) is 3.24. The topological polar surface area (TPSA) is 184 Å². The zero-order valence-electron chi connectivity index (χ0n) is 16.5. The fraction of sp³-hybridized carbons (Fsp3) is 0.750. The number of nitrogens with one attached hydrogen (secondary N) is 3. The molecule has 6 N–H and O–H groups in total. The number of aliphatic hydroxyl groups excluding tert-OH is 3. The first-order valence-corrected chi connectivity index (χ1v) is 8.44. The average molecular weight is 407 g/mol. The number of aliphatic hydroxyl groups is 3. The lowest BCUT2D eigenvalue weighted by molar-refractivity contribution is -0.146. The van der Waals surface area contributed by atoms with Crippen molar-refractivity contribution in [2.45, 2.75) is 57.5 Å². The molecule has 0 aliphatic carbocycles. The summed E-state index contributed by atoms with van der Waals surface area (Å²) in [5, 5.41) is 34.6. The number of ether oxygens (including phenoxy) is 2. The number of methoxy groups -OCH3 is 1. The van der Waals surface area contributed by atoms with E-state index in [-0.39, 0.29) is 0 Å². The fourth-order valence-corrected chi connectivity index (χ4v) is 1.89. The van der Waals surface area contributed by atoms with Crippen molar-refractivity contribution in [3.8, 4) is 0 Å². The van der Waals surface area contributed by atoms with E-state index in [1.165, 1.54) is 6.92 Å². The average Bonchev–Trinajstić information content (AvgIpc) is 2.59. The molecule has 12 heteroatoms. The lowest BCUT2D eigenvalue weighted by atomic mass is 10.1. The molecule has 0 saturated heterocycles. The molecule has 0 heterocycles. The van der Waals surface area contributed by atoms with Crippen molar-refractivity contribution in [1.82, 2.24) is 16.0 Å². The number of amides is 3. The van der Waals surface area contributed by atoms with Gasteiger partial charge in [-0.25, -0.2) is 9.59 Å². The second kappa shape index (κ2) is 11.4. The Balaban J connectivity index is 5.08. The number of hydrogen-bond acceptors (Lipinski definition) is 9. The van der Waals surface area contributed by atoms with Gasteiger partial charge in [0.15, 0.2) is 6.04 Å². The Kier molecular flexibility index (Phi) is 10.4. The third kappa shape index (κ3) is 8.97. The highest BCUT2D eigenvalue weighted by Gasteiger charge is 2.32. The van der Waals surface area contributed by atoms with Crippen LogP contribution in [0, 0.1) is 0 Å². The van der Waals surface area contributed by atoms with Gasteiger partial charge in [-0.05, 0) is 27.7 Å². The van der Waals surface area contributed by atoms with E-state index in [0.29, 0.717) is 0 Å². The van der Waals surface area contributed by atoms with Crippen LogP contribution in [0.3, 0.4) is 0 Å². The van der Waals surface area contributed by atoms with Crippen LogP contribution in [0.4, 0.5) is 4.79 Å². The maximum atomic E-state index is 12.3. The van der Waals surface area contributed by atoms with Gasteiger partial charge in [0.2, 0.25) is 11.8 Å². The van der Waals surface area contributed by atoms with Crippen LogP contribution in [-0.4, -0.2) is 89.4 Å². The Morgan fingerprint density at radius 3 is 1.82 bits per heavy atom. The quantitative estimate of drug-likeness (QED) is 0.223. The van der Waals surface area contributed by atoms with Gasteiger partial charge in [-0.15, -0.1) is 0 Å². The van der Waals surface area contributed by atoms with Crippen LogP contribution >= 0.6 is 0 Å². The second-order valence-electron chi connectivity index (χ2n) is 6.88. The molecule has 0 aromatic rings. The summed E-state index contributed by atoms with van der Waals surface area (Å²) in [7, 11) is 1.05. The van der Waals surface area contributed by atoms with Gasteiger partial charge in [-0.2, -0.15) is 0 Å². The molecule has 12 nitrogen and oxygen atoms in total. The van der Waals surface area contributed by atoms with Crippen molar-refractivity contribution in [2.75, 3.05) is 20.3 Å². The highest BCUT2D eigenvalue weighted by atomic mass is 16.6. The van der Waals surface area contributed by atoms with Crippen LogP contribution in [0.5, 0.6) is 0 Å². The van der Waals surface area contributed by atoms with Gasteiger partial charge in [0, 0.05) is 0 Å². The zero-order chi connectivity index (χ0) is 22.1. The van der Waals surface area contributed by atoms with Crippen LogP contribution in [-0.2, 0) is 23.9 Å². The molecule has 0 fully saturated rings. The number of carbonyl (C=O) groups excluding carboxylic acids is 4. The van der Waals surface area contributed by atoms with Crippen molar-refractivity contribution in [2.24, 2.45) is 0 Å². The molecular weight excluding hydrogens is 378 g/mol. The van der Waals surface area contributed by atoms with Crippen LogP contribution in [0.2, 0.25) is 0 Å². The third-order valence-corrected chi connectivity index (χ3v) is 3.24. The number of carbonyl (C=O) groups is 4. The molecule has 4 atom stereocenters. The summed E-state index contributed by atoms with van der Waals surface area (Å²) >= 11 is 0. The van der Waals surface area contributed by atoms with Gasteiger partial charge in [0.25, 0.3) is 0 Å². The molecule has 0 radical (unpaired) electrons. The van der Waals surface area contributed by atoms with E-state index in [4.69, 9.17) is 9.84 Å². The lowest BCUT2D eigenvalue weighted by Gasteiger charge is -2.26. The molecule has 0 saturated carbocycles. The van der Waals surface area contributed by atoms with Gasteiger partial charge in [0.05, 0.1) is 26.4 Å². The van der Waals surface area contributed by atoms with E-state index in [0.717, 1.165) is 7.11 Å². The maximum absolute atomic E-state index is 12.3. The van der Waals surface area contributed by atoms with Crippen molar-refractivity contribution < 1.29 is 44.0 Å². The van der Waals surface area contributed by atoms with E-state index < -0.39 is 66.9 Å². The predicted octanol–water partition coefficient (Wildman–Crippen LogP) is -2.61. The minimum Gasteiger partial charge on any atom is -0.467 e. The molecule has 28 heavy (non-hydrogen) atoms. The monoisotopic (exact) mass is 407 g/mol. The van der Waals surface area contributed by atoms with Crippen LogP contribution in [0.15, 0.2) is 0 Å². The minimum absolute atomic E-state index is 0.763. The molecule has 162 valence electrons. The summed E-state index contributed by atoms with van der Waals surface area (Å²) in [6.07, 6.45) is -2.32. The van der Waals surface area contributed by atoms with Crippen molar-refractivity contribution in [1.29, 1.82) is 0 Å². The molecule has 0 aliphatic heterocycles. The van der Waals surface area contributed by atoms with E-state index in [9.17, 15) is 29.4 Å². The molecular formula is C16H29N3O9. The summed E-state index contributed by atoms with van der Waals surface area (Å²) < 4.78 is 9.40. The summed E-state index contributed by atoms with van der Waals surface area (Å²) in [5.74, 6) is -2.89. The van der Waals surface area contributed by atoms with Gasteiger partial charge >= 0.3 is 12.1 Å². The first-order valence-electron chi connectivity index (χ1n) is 8.44. The maximum Gasteiger partial charge on any atom is 0.408 e. The van der Waals surface area contributed by atoms with Crippen LogP contribution in [0.25, 0.3) is 0 Å². The SMILES string of the molecule is COC(=O)[C@H](CO)NC(=O)[C@H](CO)NC(=O)[C@@H](NC(=O)OC(C)(C)C)[C@@H](C)O. The zero-order valence-corrected chi connectivity index (χ0v) is 16.5. The first kappa shape index (κ1) is 25.6. The summed E-state index contributed by atoms with van der Waals surface area (Å²) in [5.41, 5.74) is -0.843. The molecule has 0 unspecified atom stereocenters. The first-order chi connectivity index (χ1) is 12.9. The second-order valence-corrected chi connectivity index (χ2v) is 6.88. The van der Waals surface area contributed by atoms with Crippen molar-refractivity contribution in [3.05, 3.63) is 0 Å². The Morgan fingerprint density at radius 2 is 1.43 bits per heavy atom. The molecule has 3 amide bonds. The molecule has 0 aromatic heterocycles. The molecule has 0 aromatic carbocycles. The van der Waals surface area contributed by atoms with Crippen LogP contribution < -0.4 is 16.0 Å². The molecule has 0 aliphatic rings. The van der Waals surface area contributed by atoms with Gasteiger partial charge in [-0.3, -0.25) is 9.59 Å². The van der Waals surface area contributed by atoms with Crippen molar-refractivity contribution >= 4 is 23.9 Å². The number of alkyl carbamates (subject to hydrolysis) is 1. The van der Waals surface area contributed by atoms with Crippen LogP contribution in [0.1, 0.15) is 27.7 Å². The Labute approximate surface area is 162 Å².